The van der Waals surface area contributed by atoms with Crippen LogP contribution in [0.4, 0.5) is 32.0 Å². The van der Waals surface area contributed by atoms with Crippen LogP contribution in [0, 0.1) is 0 Å². The molecule has 1 N–H and O–H groups in total. The van der Waals surface area contributed by atoms with E-state index in [-0.39, 0.29) is 41.2 Å². The van der Waals surface area contributed by atoms with Crippen LogP contribution in [0.2, 0.25) is 0 Å². The molecule has 1 aromatic carbocycles. The Hall–Kier alpha value is -1.48. The Labute approximate surface area is 199 Å². The third-order valence-corrected chi connectivity index (χ3v) is 8.48. The summed E-state index contributed by atoms with van der Waals surface area (Å²) in [6.45, 7) is 0.343. The van der Waals surface area contributed by atoms with Crippen molar-refractivity contribution in [3.63, 3.8) is 0 Å². The van der Waals surface area contributed by atoms with E-state index in [1.54, 1.807) is 17.1 Å². The number of thiocarbonyl (C=S) groups is 1. The molecular weight excluding hydrogens is 562 g/mol. The van der Waals surface area contributed by atoms with Gasteiger partial charge in [-0.25, -0.2) is 8.42 Å². The van der Waals surface area contributed by atoms with Crippen molar-refractivity contribution in [2.45, 2.75) is 24.4 Å². The highest BCUT2D eigenvalue weighted by atomic mass is 79.9. The van der Waals surface area contributed by atoms with Crippen LogP contribution in [-0.2, 0) is 15.6 Å². The van der Waals surface area contributed by atoms with Gasteiger partial charge < -0.3 is 10.0 Å². The molecule has 3 rings (SSSR count). The van der Waals surface area contributed by atoms with Crippen molar-refractivity contribution in [2.75, 3.05) is 31.1 Å². The summed E-state index contributed by atoms with van der Waals surface area (Å²) in [4.78, 5) is 1.95. The van der Waals surface area contributed by atoms with Gasteiger partial charge in [-0.15, -0.1) is 0 Å². The normalized spacial score (nSPS) is 19.1. The Kier molecular flexibility index (Phi) is 7.08. The van der Waals surface area contributed by atoms with E-state index in [0.717, 1.165) is 6.07 Å². The highest BCUT2D eigenvalue weighted by Crippen LogP contribution is 2.51. The second-order valence-corrected chi connectivity index (χ2v) is 10.6. The van der Waals surface area contributed by atoms with Crippen LogP contribution in [0.1, 0.15) is 12.0 Å². The number of anilines is 1. The number of alkyl halides is 6. The van der Waals surface area contributed by atoms with E-state index in [0.29, 0.717) is 23.4 Å². The summed E-state index contributed by atoms with van der Waals surface area (Å²) in [5.41, 5.74) is -6.16. The number of halogens is 7. The first-order valence-corrected chi connectivity index (χ1v) is 12.1. The zero-order chi connectivity index (χ0) is 24.8. The van der Waals surface area contributed by atoms with E-state index in [9.17, 15) is 39.9 Å². The second kappa shape index (κ2) is 8.95. The molecular formula is C19H17BrF6N2O3S2. The molecule has 14 heteroatoms. The lowest BCUT2D eigenvalue weighted by Crippen LogP contribution is -2.54. The summed E-state index contributed by atoms with van der Waals surface area (Å²) < 4.78 is 106. The maximum atomic E-state index is 13.1. The van der Waals surface area contributed by atoms with E-state index >= 15 is 0 Å². The third kappa shape index (κ3) is 4.72. The van der Waals surface area contributed by atoms with Gasteiger partial charge >= 0.3 is 12.4 Å². The average molecular weight is 579 g/mol. The molecule has 0 saturated carbocycles. The first-order chi connectivity index (χ1) is 15.1. The Bertz CT molecular complexity index is 1090. The molecule has 0 bridgehead atoms. The van der Waals surface area contributed by atoms with Crippen LogP contribution in [0.15, 0.2) is 45.8 Å². The molecule has 1 fully saturated rings. The van der Waals surface area contributed by atoms with Gasteiger partial charge in [0.25, 0.3) is 5.60 Å². The van der Waals surface area contributed by atoms with Crippen LogP contribution in [0.3, 0.4) is 0 Å². The smallest absolute Gasteiger partial charge is 0.369 e. The van der Waals surface area contributed by atoms with E-state index in [1.807, 2.05) is 0 Å². The number of sulfonamides is 1. The molecule has 0 radical (unpaired) electrons. The van der Waals surface area contributed by atoms with E-state index in [4.69, 9.17) is 12.2 Å². The number of aliphatic hydroxyl groups is 1. The molecule has 0 aromatic heterocycles. The lowest BCUT2D eigenvalue weighted by Gasteiger charge is -2.37. The maximum absolute atomic E-state index is 13.1. The number of piperazine rings is 1. The molecule has 5 nitrogen and oxygen atoms in total. The minimum Gasteiger partial charge on any atom is -0.369 e. The highest BCUT2D eigenvalue weighted by molar-refractivity contribution is 9.10. The van der Waals surface area contributed by atoms with Crippen molar-refractivity contribution >= 4 is 48.7 Å². The van der Waals surface area contributed by atoms with Crippen LogP contribution in [-0.4, -0.2) is 61.2 Å². The van der Waals surface area contributed by atoms with Crippen molar-refractivity contribution in [2.24, 2.45) is 0 Å². The summed E-state index contributed by atoms with van der Waals surface area (Å²) in [5, 5.41) is 9.57. The molecule has 0 unspecified atom stereocenters. The van der Waals surface area contributed by atoms with E-state index in [1.165, 1.54) is 10.4 Å². The standard InChI is InChI=1S/C19H17BrF6N2O3S2/c20-13-11-12(17(29,18(21,22)23)19(24,25)26)5-6-14(13)27-7-9-28(10-8-27)33(30,31)16-4-2-1-3-15(16)32/h1-2,4-6,11,29H,3,7-10H2. The fourth-order valence-electron chi connectivity index (χ4n) is 3.54. The topological polar surface area (TPSA) is 60.9 Å². The Morgan fingerprint density at radius 2 is 1.58 bits per heavy atom. The van der Waals surface area contributed by atoms with Crippen molar-refractivity contribution in [3.8, 4) is 0 Å². The van der Waals surface area contributed by atoms with Crippen LogP contribution in [0.5, 0.6) is 0 Å². The highest BCUT2D eigenvalue weighted by Gasteiger charge is 2.71. The molecule has 0 atom stereocenters. The number of allylic oxidation sites excluding steroid dienone is 4. The van der Waals surface area contributed by atoms with Gasteiger partial charge in [0.1, 0.15) is 0 Å². The van der Waals surface area contributed by atoms with Gasteiger partial charge in [-0.1, -0.05) is 30.4 Å². The Morgan fingerprint density at radius 3 is 2.06 bits per heavy atom. The zero-order valence-corrected chi connectivity index (χ0v) is 19.8. The molecule has 182 valence electrons. The van der Waals surface area contributed by atoms with Gasteiger partial charge in [-0.05, 0) is 34.1 Å². The molecule has 2 aliphatic rings. The quantitative estimate of drug-likeness (QED) is 0.423. The van der Waals surface area contributed by atoms with E-state index in [2.05, 4.69) is 15.9 Å². The molecule has 1 aliphatic carbocycles. The average Bonchev–Trinajstić information content (AvgIpc) is 2.71. The number of nitrogens with zero attached hydrogens (tertiary/aromatic N) is 2. The first-order valence-electron chi connectivity index (χ1n) is 9.41. The van der Waals surface area contributed by atoms with Crippen LogP contribution in [0.25, 0.3) is 0 Å². The summed E-state index contributed by atoms with van der Waals surface area (Å²) in [6.07, 6.45) is -6.89. The van der Waals surface area contributed by atoms with Crippen molar-refractivity contribution in [3.05, 3.63) is 51.4 Å². The largest absolute Gasteiger partial charge is 0.430 e. The number of rotatable bonds is 4. The fraction of sp³-hybridized carbons (Fsp3) is 0.421. The van der Waals surface area contributed by atoms with Gasteiger partial charge in [0.05, 0.1) is 10.6 Å². The summed E-state index contributed by atoms with van der Waals surface area (Å²) in [7, 11) is -3.83. The van der Waals surface area contributed by atoms with Gasteiger partial charge in [-0.2, -0.15) is 30.6 Å². The predicted octanol–water partition coefficient (Wildman–Crippen LogP) is 4.43. The number of hydrogen-bond donors (Lipinski definition) is 1. The summed E-state index contributed by atoms with van der Waals surface area (Å²) >= 11 is 8.11. The van der Waals surface area contributed by atoms with E-state index < -0.39 is 33.5 Å². The fourth-order valence-corrected chi connectivity index (χ4v) is 6.19. The Balaban J connectivity index is 1.81. The monoisotopic (exact) mass is 578 g/mol. The molecule has 0 amide bonds. The van der Waals surface area contributed by atoms with Gasteiger partial charge in [0.15, 0.2) is 0 Å². The number of benzene rings is 1. The van der Waals surface area contributed by atoms with Crippen LogP contribution >= 0.6 is 28.1 Å². The van der Waals surface area contributed by atoms with Gasteiger partial charge in [-0.3, -0.25) is 0 Å². The SMILES string of the molecule is O=S(=O)(C1=CC=CCC1=S)N1CCN(c2ccc(C(O)(C(F)(F)F)C(F)(F)F)cc2Br)CC1. The molecule has 1 saturated heterocycles. The molecule has 0 spiro atoms. The summed E-state index contributed by atoms with van der Waals surface area (Å²) in [5.74, 6) is 0. The minimum absolute atomic E-state index is 0.0369. The van der Waals surface area contributed by atoms with Crippen molar-refractivity contribution in [1.82, 2.24) is 4.31 Å². The van der Waals surface area contributed by atoms with Crippen molar-refractivity contribution in [1.29, 1.82) is 0 Å². The Morgan fingerprint density at radius 1 is 1.00 bits per heavy atom. The van der Waals surface area contributed by atoms with Gasteiger partial charge in [0.2, 0.25) is 10.0 Å². The zero-order valence-electron chi connectivity index (χ0n) is 16.6. The second-order valence-electron chi connectivity index (χ2n) is 7.35. The predicted molar refractivity (Wildman–Crippen MR) is 117 cm³/mol. The first kappa shape index (κ1) is 26.1. The van der Waals surface area contributed by atoms with Crippen molar-refractivity contribution < 1.29 is 39.9 Å². The molecule has 1 aliphatic heterocycles. The molecule has 33 heavy (non-hydrogen) atoms. The van der Waals surface area contributed by atoms with Gasteiger partial charge in [0, 0.05) is 47.5 Å². The lowest BCUT2D eigenvalue weighted by molar-refractivity contribution is -0.376. The maximum Gasteiger partial charge on any atom is 0.430 e. The molecule has 1 heterocycles. The molecule has 1 aromatic rings. The lowest BCUT2D eigenvalue weighted by atomic mass is 9.92. The minimum atomic E-state index is -5.99. The summed E-state index contributed by atoms with van der Waals surface area (Å²) in [6, 6.07) is 2.15. The number of hydrogen-bond acceptors (Lipinski definition) is 5. The van der Waals surface area contributed by atoms with Crippen LogP contribution < -0.4 is 4.90 Å². The third-order valence-electron chi connectivity index (χ3n) is 5.34.